The molecule has 1 saturated heterocycles. The molecule has 11 nitrogen and oxygen atoms in total. The summed E-state index contributed by atoms with van der Waals surface area (Å²) >= 11 is 0. The Morgan fingerprint density at radius 3 is 2.50 bits per heavy atom. The molecule has 2 aromatic rings. The molecule has 46 heavy (non-hydrogen) atoms. The van der Waals surface area contributed by atoms with E-state index in [-0.39, 0.29) is 25.0 Å². The van der Waals surface area contributed by atoms with Crippen LogP contribution in [0, 0.1) is 11.3 Å². The minimum absolute atomic E-state index is 0.0776. The minimum atomic E-state index is -1.41. The topological polar surface area (TPSA) is 129 Å². The smallest absolute Gasteiger partial charge is 0.408 e. The van der Waals surface area contributed by atoms with Gasteiger partial charge in [-0.3, -0.25) is 4.79 Å². The van der Waals surface area contributed by atoms with Gasteiger partial charge in [-0.2, -0.15) is 0 Å². The van der Waals surface area contributed by atoms with Crippen molar-refractivity contribution >= 4 is 29.0 Å². The van der Waals surface area contributed by atoms with E-state index in [0.717, 1.165) is 19.3 Å². The van der Waals surface area contributed by atoms with E-state index in [2.05, 4.69) is 31.0 Å². The van der Waals surface area contributed by atoms with Crippen LogP contribution >= 0.6 is 0 Å². The summed E-state index contributed by atoms with van der Waals surface area (Å²) in [4.78, 5) is 51.6. The van der Waals surface area contributed by atoms with Crippen molar-refractivity contribution in [1.29, 1.82) is 0 Å². The molecule has 0 spiro atoms. The molecule has 2 aliphatic rings. The SMILES string of the molecule is C=CCCc1nc2ccc(OC)cc2nc1O[C@@H]1C[C@@H](C(=O)OC)N(C(=O)C(C)(NC(=O)O[C@@H]2CC2C/C=C\CC)C(C)(C)C)C1. The molecule has 0 radical (unpaired) electrons. The summed E-state index contributed by atoms with van der Waals surface area (Å²) in [7, 11) is 2.87. The van der Waals surface area contributed by atoms with E-state index < -0.39 is 41.1 Å². The highest BCUT2D eigenvalue weighted by atomic mass is 16.6. The number of rotatable bonds is 13. The van der Waals surface area contributed by atoms with Gasteiger partial charge in [0.25, 0.3) is 0 Å². The number of carbonyl (C=O) groups is 3. The maximum absolute atomic E-state index is 14.4. The fraction of sp³-hybridized carbons (Fsp3) is 0.571. The Hall–Kier alpha value is -4.15. The molecule has 2 heterocycles. The number of ether oxygens (including phenoxy) is 4. The summed E-state index contributed by atoms with van der Waals surface area (Å²) in [5.74, 6) is 0.228. The number of fused-ring (bicyclic) bond motifs is 1. The van der Waals surface area contributed by atoms with E-state index in [9.17, 15) is 14.4 Å². The average molecular weight is 637 g/mol. The molecular weight excluding hydrogens is 588 g/mol. The number of hydrogen-bond acceptors (Lipinski definition) is 9. The van der Waals surface area contributed by atoms with Crippen molar-refractivity contribution < 1.29 is 33.3 Å². The van der Waals surface area contributed by atoms with Gasteiger partial charge in [0, 0.05) is 18.4 Å². The molecule has 1 aromatic carbocycles. The first-order valence-corrected chi connectivity index (χ1v) is 16.0. The van der Waals surface area contributed by atoms with E-state index in [1.165, 1.54) is 12.0 Å². The van der Waals surface area contributed by atoms with E-state index >= 15 is 0 Å². The van der Waals surface area contributed by atoms with Crippen molar-refractivity contribution in [3.05, 3.63) is 48.7 Å². The van der Waals surface area contributed by atoms with Crippen LogP contribution in [0.3, 0.4) is 0 Å². The predicted molar refractivity (Wildman–Crippen MR) is 175 cm³/mol. The quantitative estimate of drug-likeness (QED) is 0.222. The second-order valence-electron chi connectivity index (χ2n) is 13.2. The molecule has 1 N–H and O–H groups in total. The van der Waals surface area contributed by atoms with Gasteiger partial charge in [-0.05, 0) is 56.6 Å². The third kappa shape index (κ3) is 7.79. The number of nitrogens with one attached hydrogen (secondary N) is 1. The van der Waals surface area contributed by atoms with Crippen molar-refractivity contribution in [3.63, 3.8) is 0 Å². The molecule has 2 fully saturated rings. The molecule has 5 atom stereocenters. The van der Waals surface area contributed by atoms with E-state index in [4.69, 9.17) is 28.9 Å². The van der Waals surface area contributed by atoms with E-state index in [1.807, 2.05) is 32.9 Å². The number of nitrogens with zero attached hydrogens (tertiary/aromatic N) is 3. The number of likely N-dealkylation sites (tertiary alicyclic amines) is 1. The first-order valence-electron chi connectivity index (χ1n) is 16.0. The normalized spacial score (nSPS) is 22.3. The molecule has 0 bridgehead atoms. The lowest BCUT2D eigenvalue weighted by molar-refractivity contribution is -0.155. The number of benzene rings is 1. The number of carbonyl (C=O) groups excluding carboxylic acids is 3. The number of alkyl carbamates (subject to hydrolysis) is 1. The second kappa shape index (κ2) is 14.5. The van der Waals surface area contributed by atoms with Crippen molar-refractivity contribution in [2.75, 3.05) is 20.8 Å². The number of esters is 1. The zero-order valence-electron chi connectivity index (χ0n) is 28.1. The Labute approximate surface area is 271 Å². The Morgan fingerprint density at radius 1 is 1.09 bits per heavy atom. The molecule has 11 heteroatoms. The summed E-state index contributed by atoms with van der Waals surface area (Å²) in [6, 6.07) is 4.51. The van der Waals surface area contributed by atoms with Gasteiger partial charge in [-0.1, -0.05) is 45.9 Å². The van der Waals surface area contributed by atoms with Gasteiger partial charge < -0.3 is 29.2 Å². The lowest BCUT2D eigenvalue weighted by Crippen LogP contribution is -2.65. The van der Waals surface area contributed by atoms with Crippen LogP contribution in [-0.2, 0) is 25.5 Å². The zero-order chi connectivity index (χ0) is 33.6. The summed E-state index contributed by atoms with van der Waals surface area (Å²) in [5, 5.41) is 2.87. The van der Waals surface area contributed by atoms with Gasteiger partial charge >= 0.3 is 12.1 Å². The van der Waals surface area contributed by atoms with Crippen molar-refractivity contribution in [2.45, 2.75) is 96.9 Å². The number of methoxy groups -OCH3 is 2. The molecule has 1 aromatic heterocycles. The van der Waals surface area contributed by atoms with Crippen LogP contribution in [0.4, 0.5) is 4.79 Å². The fourth-order valence-corrected chi connectivity index (χ4v) is 5.57. The first kappa shape index (κ1) is 34.7. The van der Waals surface area contributed by atoms with Crippen LogP contribution in [0.2, 0.25) is 0 Å². The number of amides is 2. The summed E-state index contributed by atoms with van der Waals surface area (Å²) in [6.45, 7) is 13.2. The maximum Gasteiger partial charge on any atom is 0.408 e. The molecule has 4 rings (SSSR count). The lowest BCUT2D eigenvalue weighted by Gasteiger charge is -2.43. The summed E-state index contributed by atoms with van der Waals surface area (Å²) in [5.41, 5.74) is -0.224. The van der Waals surface area contributed by atoms with Gasteiger partial charge in [0.05, 0.1) is 31.8 Å². The van der Waals surface area contributed by atoms with Crippen molar-refractivity contribution in [2.24, 2.45) is 11.3 Å². The third-order valence-electron chi connectivity index (χ3n) is 9.00. The van der Waals surface area contributed by atoms with Gasteiger partial charge in [-0.25, -0.2) is 19.6 Å². The second-order valence-corrected chi connectivity index (χ2v) is 13.2. The Balaban J connectivity index is 1.56. The number of hydrogen-bond donors (Lipinski definition) is 1. The Kier molecular flexibility index (Phi) is 11.0. The van der Waals surface area contributed by atoms with Crippen LogP contribution in [0.5, 0.6) is 11.6 Å². The molecule has 2 unspecified atom stereocenters. The number of allylic oxidation sites excluding steroid dienone is 3. The van der Waals surface area contributed by atoms with Crippen LogP contribution in [-0.4, -0.2) is 77.4 Å². The zero-order valence-corrected chi connectivity index (χ0v) is 28.1. The van der Waals surface area contributed by atoms with Crippen LogP contribution in [0.15, 0.2) is 43.0 Å². The standard InChI is InChI=1S/C35H48N4O7/c1-9-11-13-14-22-18-29(22)46-33(42)38-35(6,34(3,4)5)32(41)39-21-24(20-28(39)31(40)44-8)45-30-26(15-12-10-2)36-25-17-16-23(43-7)19-27(25)37-30/h10-11,13,16-17,19,22,24,28-29H,2,9,12,14-15,18,20-21H2,1,3-8H3,(H,38,42)/b13-11-/t22?,24-,28+,29-,35?/m1/s1. The van der Waals surface area contributed by atoms with Gasteiger partial charge in [0.2, 0.25) is 11.8 Å². The number of aryl methyl sites for hydroxylation is 1. The number of aromatic nitrogens is 2. The average Bonchev–Trinajstić information content (AvgIpc) is 3.61. The molecule has 250 valence electrons. The van der Waals surface area contributed by atoms with Crippen LogP contribution in [0.1, 0.15) is 72.4 Å². The highest BCUT2D eigenvalue weighted by molar-refractivity contribution is 5.94. The third-order valence-corrected chi connectivity index (χ3v) is 9.00. The van der Waals surface area contributed by atoms with Crippen molar-refractivity contribution in [3.8, 4) is 11.6 Å². The molecular formula is C35H48N4O7. The van der Waals surface area contributed by atoms with Gasteiger partial charge in [0.1, 0.15) is 35.2 Å². The highest BCUT2D eigenvalue weighted by Gasteiger charge is 2.53. The van der Waals surface area contributed by atoms with Gasteiger partial charge in [0.15, 0.2) is 0 Å². The van der Waals surface area contributed by atoms with Crippen molar-refractivity contribution in [1.82, 2.24) is 20.2 Å². The van der Waals surface area contributed by atoms with E-state index in [1.54, 1.807) is 26.2 Å². The van der Waals surface area contributed by atoms with Crippen LogP contribution < -0.4 is 14.8 Å². The summed E-state index contributed by atoms with van der Waals surface area (Å²) in [6.07, 6.45) is 8.55. The lowest BCUT2D eigenvalue weighted by atomic mass is 9.73. The molecule has 1 saturated carbocycles. The maximum atomic E-state index is 14.4. The highest BCUT2D eigenvalue weighted by Crippen LogP contribution is 2.39. The van der Waals surface area contributed by atoms with E-state index in [0.29, 0.717) is 41.2 Å². The van der Waals surface area contributed by atoms with Crippen LogP contribution in [0.25, 0.3) is 11.0 Å². The molecule has 1 aliphatic heterocycles. The first-order chi connectivity index (χ1) is 21.8. The minimum Gasteiger partial charge on any atom is -0.497 e. The summed E-state index contributed by atoms with van der Waals surface area (Å²) < 4.78 is 22.6. The van der Waals surface area contributed by atoms with Gasteiger partial charge in [-0.15, -0.1) is 6.58 Å². The fourth-order valence-electron chi connectivity index (χ4n) is 5.57. The molecule has 2 amide bonds. The Bertz CT molecular complexity index is 1470. The monoisotopic (exact) mass is 636 g/mol. The predicted octanol–water partition coefficient (Wildman–Crippen LogP) is 5.55. The molecule has 1 aliphatic carbocycles. The Morgan fingerprint density at radius 2 is 1.85 bits per heavy atom. The largest absolute Gasteiger partial charge is 0.497 e.